The average molecular weight is 294 g/mol. The van der Waals surface area contributed by atoms with Crippen molar-refractivity contribution >= 4 is 35.1 Å². The summed E-state index contributed by atoms with van der Waals surface area (Å²) in [5.41, 5.74) is 3.32. The molecule has 0 radical (unpaired) electrons. The number of halogens is 1. The van der Waals surface area contributed by atoms with Crippen LogP contribution in [-0.4, -0.2) is 21.2 Å². The van der Waals surface area contributed by atoms with E-state index >= 15 is 0 Å². The topological polar surface area (TPSA) is 99.2 Å². The van der Waals surface area contributed by atoms with Crippen LogP contribution in [0.1, 0.15) is 5.56 Å². The molecule has 104 valence electrons. The summed E-state index contributed by atoms with van der Waals surface area (Å²) in [4.78, 5) is 19.4. The molecule has 0 unspecified atom stereocenters. The van der Waals surface area contributed by atoms with Crippen LogP contribution in [0.5, 0.6) is 0 Å². The van der Waals surface area contributed by atoms with Crippen LogP contribution in [-0.2, 0) is 0 Å². The first-order valence-corrected chi connectivity index (χ1v) is 6.03. The first-order chi connectivity index (χ1) is 9.58. The Kier molecular flexibility index (Phi) is 4.34. The van der Waals surface area contributed by atoms with Crippen molar-refractivity contribution in [2.75, 3.05) is 16.1 Å². The summed E-state index contributed by atoms with van der Waals surface area (Å²) in [6.07, 6.45) is 1.40. The van der Waals surface area contributed by atoms with Crippen molar-refractivity contribution in [1.82, 2.24) is 9.97 Å². The molecule has 8 heteroatoms. The van der Waals surface area contributed by atoms with E-state index in [2.05, 4.69) is 20.6 Å². The molecule has 1 aromatic heterocycles. The summed E-state index contributed by atoms with van der Waals surface area (Å²) >= 11 is 5.90. The van der Waals surface area contributed by atoms with Crippen molar-refractivity contribution in [3.05, 3.63) is 41.0 Å². The van der Waals surface area contributed by atoms with Gasteiger partial charge in [0.25, 0.3) is 0 Å². The highest BCUT2D eigenvalue weighted by atomic mass is 35.5. The molecule has 7 nitrogen and oxygen atoms in total. The van der Waals surface area contributed by atoms with Gasteiger partial charge in [0.05, 0.1) is 0 Å². The third kappa shape index (κ3) is 3.56. The second kappa shape index (κ2) is 6.18. The van der Waals surface area contributed by atoms with Crippen molar-refractivity contribution in [3.63, 3.8) is 0 Å². The van der Waals surface area contributed by atoms with E-state index in [1.807, 2.05) is 12.4 Å². The van der Waals surface area contributed by atoms with Crippen molar-refractivity contribution in [2.24, 2.45) is 0 Å². The Morgan fingerprint density at radius 2 is 2.10 bits per heavy atom. The Hall–Kier alpha value is -2.38. The van der Waals surface area contributed by atoms with Crippen LogP contribution in [0.2, 0.25) is 5.02 Å². The molecule has 0 fully saturated rings. The maximum Gasteiger partial charge on any atom is 0.326 e. The van der Waals surface area contributed by atoms with Gasteiger partial charge in [-0.15, -0.1) is 0 Å². The van der Waals surface area contributed by atoms with Crippen LogP contribution in [0.25, 0.3) is 0 Å². The molecule has 0 aliphatic heterocycles. The fraction of sp³-hybridized carbons (Fsp3) is 0.0833. The lowest BCUT2D eigenvalue weighted by Gasteiger charge is -2.08. The molecule has 1 aromatic carbocycles. The summed E-state index contributed by atoms with van der Waals surface area (Å²) in [5.74, 6) is 0.241. The van der Waals surface area contributed by atoms with Gasteiger partial charge in [0.2, 0.25) is 5.95 Å². The highest BCUT2D eigenvalue weighted by Crippen LogP contribution is 2.19. The normalized spacial score (nSPS) is 9.95. The molecule has 4 N–H and O–H groups in total. The van der Waals surface area contributed by atoms with Gasteiger partial charge < -0.3 is 5.32 Å². The smallest absolute Gasteiger partial charge is 0.308 e. The first kappa shape index (κ1) is 14.0. The zero-order chi connectivity index (χ0) is 14.5. The molecule has 0 atom stereocenters. The number of benzene rings is 1. The molecule has 2 rings (SSSR count). The number of carbonyl (C=O) groups excluding carboxylic acids is 1. The Balaban J connectivity index is 2.03. The summed E-state index contributed by atoms with van der Waals surface area (Å²) in [7, 11) is 0. The van der Waals surface area contributed by atoms with Gasteiger partial charge in [0.15, 0.2) is 5.82 Å². The van der Waals surface area contributed by atoms with E-state index in [-0.39, 0.29) is 11.8 Å². The van der Waals surface area contributed by atoms with Crippen molar-refractivity contribution in [2.45, 2.75) is 6.92 Å². The number of anilines is 3. The average Bonchev–Trinajstić information content (AvgIpc) is 2.43. The van der Waals surface area contributed by atoms with Gasteiger partial charge in [0, 0.05) is 23.0 Å². The number of carbonyl (C=O) groups is 1. The van der Waals surface area contributed by atoms with Gasteiger partial charge in [-0.2, -0.15) is 4.98 Å². The zero-order valence-electron chi connectivity index (χ0n) is 10.5. The minimum atomic E-state index is -0.498. The Labute approximate surface area is 120 Å². The Bertz CT molecular complexity index is 635. The molecule has 0 saturated carbocycles. The maximum atomic E-state index is 11.8. The molecule has 2 amide bonds. The van der Waals surface area contributed by atoms with Gasteiger partial charge >= 0.3 is 6.03 Å². The van der Waals surface area contributed by atoms with Gasteiger partial charge in [-0.25, -0.2) is 9.78 Å². The van der Waals surface area contributed by atoms with Gasteiger partial charge in [0.1, 0.15) is 0 Å². The fourth-order valence-electron chi connectivity index (χ4n) is 1.47. The van der Waals surface area contributed by atoms with E-state index in [4.69, 9.17) is 16.8 Å². The first-order valence-electron chi connectivity index (χ1n) is 5.66. The van der Waals surface area contributed by atoms with E-state index in [1.165, 1.54) is 12.3 Å². The molecule has 0 saturated heterocycles. The van der Waals surface area contributed by atoms with Crippen LogP contribution >= 0.6 is 11.6 Å². The summed E-state index contributed by atoms with van der Waals surface area (Å²) in [5, 5.41) is 14.4. The van der Waals surface area contributed by atoms with Crippen molar-refractivity contribution in [1.29, 1.82) is 0 Å². The molecule has 0 aliphatic carbocycles. The predicted molar refractivity (Wildman–Crippen MR) is 76.3 cm³/mol. The third-order valence-electron chi connectivity index (χ3n) is 2.41. The number of aryl methyl sites for hydroxylation is 1. The number of amides is 2. The molecule has 0 spiro atoms. The van der Waals surface area contributed by atoms with Gasteiger partial charge in [-0.05, 0) is 30.7 Å². The highest BCUT2D eigenvalue weighted by Gasteiger charge is 2.06. The number of nitrogens with one attached hydrogen (secondary N) is 3. The summed E-state index contributed by atoms with van der Waals surface area (Å²) in [6.45, 7) is 1.84. The van der Waals surface area contributed by atoms with Gasteiger partial charge in [-0.1, -0.05) is 11.6 Å². The molecular formula is C12H12ClN5O2. The van der Waals surface area contributed by atoms with Crippen LogP contribution in [0, 0.1) is 6.92 Å². The predicted octanol–water partition coefficient (Wildman–Crippen LogP) is 2.88. The maximum absolute atomic E-state index is 11.8. The van der Waals surface area contributed by atoms with E-state index < -0.39 is 6.03 Å². The second-order valence-corrected chi connectivity index (χ2v) is 4.33. The minimum absolute atomic E-state index is 0.0623. The Morgan fingerprint density at radius 1 is 1.30 bits per heavy atom. The lowest BCUT2D eigenvalue weighted by atomic mass is 10.2. The van der Waals surface area contributed by atoms with E-state index in [0.717, 1.165) is 5.56 Å². The number of urea groups is 1. The standard InChI is InChI=1S/C12H12ClN5O2/c1-7-6-8(2-3-9(7)13)15-12(19)17-11-14-5-4-10(16-11)18-20/h2-6,20H,1H3,(H3,14,15,16,17,18,19). The van der Waals surface area contributed by atoms with Crippen LogP contribution in [0.4, 0.5) is 22.2 Å². The molecule has 2 aromatic rings. The SMILES string of the molecule is Cc1cc(NC(=O)Nc2nccc(NO)n2)ccc1Cl. The minimum Gasteiger partial charge on any atom is -0.308 e. The number of rotatable bonds is 3. The largest absolute Gasteiger partial charge is 0.326 e. The van der Waals surface area contributed by atoms with Crippen molar-refractivity contribution < 1.29 is 10.0 Å². The molecular weight excluding hydrogens is 282 g/mol. The number of aromatic nitrogens is 2. The zero-order valence-corrected chi connectivity index (χ0v) is 11.3. The fourth-order valence-corrected chi connectivity index (χ4v) is 1.59. The van der Waals surface area contributed by atoms with Crippen LogP contribution in [0.3, 0.4) is 0 Å². The second-order valence-electron chi connectivity index (χ2n) is 3.92. The van der Waals surface area contributed by atoms with E-state index in [9.17, 15) is 4.79 Å². The highest BCUT2D eigenvalue weighted by molar-refractivity contribution is 6.31. The molecule has 20 heavy (non-hydrogen) atoms. The van der Waals surface area contributed by atoms with Crippen LogP contribution < -0.4 is 16.1 Å². The third-order valence-corrected chi connectivity index (χ3v) is 2.84. The number of hydrogen-bond acceptors (Lipinski definition) is 5. The monoisotopic (exact) mass is 293 g/mol. The van der Waals surface area contributed by atoms with E-state index in [1.54, 1.807) is 18.2 Å². The van der Waals surface area contributed by atoms with Gasteiger partial charge in [-0.3, -0.25) is 16.0 Å². The summed E-state index contributed by atoms with van der Waals surface area (Å²) in [6, 6.07) is 6.07. The molecule has 0 bridgehead atoms. The van der Waals surface area contributed by atoms with E-state index in [0.29, 0.717) is 10.7 Å². The molecule has 1 heterocycles. The quantitative estimate of drug-likeness (QED) is 0.652. The lowest BCUT2D eigenvalue weighted by molar-refractivity contribution is 0.262. The Morgan fingerprint density at radius 3 is 2.80 bits per heavy atom. The number of hydrogen-bond donors (Lipinski definition) is 4. The molecule has 0 aliphatic rings. The van der Waals surface area contributed by atoms with Crippen molar-refractivity contribution in [3.8, 4) is 0 Å². The number of nitrogens with zero attached hydrogens (tertiary/aromatic N) is 2. The lowest BCUT2D eigenvalue weighted by Crippen LogP contribution is -2.21. The summed E-state index contributed by atoms with van der Waals surface area (Å²) < 4.78 is 0. The van der Waals surface area contributed by atoms with Crippen LogP contribution in [0.15, 0.2) is 30.5 Å².